The highest BCUT2D eigenvalue weighted by atomic mass is 16.1. The second kappa shape index (κ2) is 4.69. The lowest BCUT2D eigenvalue weighted by Gasteiger charge is -2.58. The first-order valence-electron chi connectivity index (χ1n) is 8.94. The first-order chi connectivity index (χ1) is 10.5. The number of hydrogen-bond donors (Lipinski definition) is 1. The summed E-state index contributed by atoms with van der Waals surface area (Å²) < 4.78 is 0. The van der Waals surface area contributed by atoms with E-state index in [9.17, 15) is 9.59 Å². The molecule has 0 aromatic rings. The Balaban J connectivity index is 1.67. The molecule has 120 valence electrons. The van der Waals surface area contributed by atoms with Gasteiger partial charge in [-0.3, -0.25) is 4.79 Å². The zero-order valence-electron chi connectivity index (χ0n) is 13.7. The van der Waals surface area contributed by atoms with Gasteiger partial charge in [0.1, 0.15) is 6.29 Å². The third kappa shape index (κ3) is 1.74. The van der Waals surface area contributed by atoms with Gasteiger partial charge in [-0.15, -0.1) is 0 Å². The van der Waals surface area contributed by atoms with E-state index in [0.717, 1.165) is 18.8 Å². The Morgan fingerprint density at radius 2 is 1.95 bits per heavy atom. The Bertz CT molecular complexity index is 542. The highest BCUT2D eigenvalue weighted by Crippen LogP contribution is 2.64. The number of fused-ring (bicyclic) bond motifs is 5. The van der Waals surface area contributed by atoms with Crippen LogP contribution in [0.3, 0.4) is 0 Å². The number of amides is 1. The number of nitrogens with one attached hydrogen (secondary N) is 1. The Hall–Kier alpha value is -1.12. The van der Waals surface area contributed by atoms with Crippen molar-refractivity contribution in [2.45, 2.75) is 58.4 Å². The highest BCUT2D eigenvalue weighted by Gasteiger charge is 2.59. The molecule has 0 saturated heterocycles. The van der Waals surface area contributed by atoms with Gasteiger partial charge in [-0.25, -0.2) is 0 Å². The molecule has 1 N–H and O–H groups in total. The fourth-order valence-electron chi connectivity index (χ4n) is 6.60. The van der Waals surface area contributed by atoms with E-state index in [1.54, 1.807) is 6.08 Å². The van der Waals surface area contributed by atoms with E-state index in [4.69, 9.17) is 0 Å². The molecule has 6 unspecified atom stereocenters. The molecule has 4 rings (SSSR count). The predicted molar refractivity (Wildman–Crippen MR) is 85.0 cm³/mol. The van der Waals surface area contributed by atoms with Crippen LogP contribution in [0.25, 0.3) is 0 Å². The van der Waals surface area contributed by atoms with Gasteiger partial charge in [0.05, 0.1) is 0 Å². The molecule has 3 aliphatic carbocycles. The van der Waals surface area contributed by atoms with Crippen LogP contribution in [0.4, 0.5) is 0 Å². The maximum atomic E-state index is 11.7. The molecule has 4 aliphatic rings. The molecular formula is C19H27NO2. The van der Waals surface area contributed by atoms with Crippen molar-refractivity contribution in [2.75, 3.05) is 0 Å². The van der Waals surface area contributed by atoms with E-state index >= 15 is 0 Å². The molecule has 1 aliphatic heterocycles. The Kier molecular flexibility index (Phi) is 3.08. The standard InChI is InChI=1S/C19H27NO2/c1-18-9-7-15-13(14(18)5-3-12(18)11-21)4-6-16-19(15,2)10-8-17(22)20-16/h8,10-16H,3-7,9H2,1-2H3,(H,20,22)/t12?,13?,14?,15?,16-,18?,19?/m1/s1. The Morgan fingerprint density at radius 3 is 2.73 bits per heavy atom. The van der Waals surface area contributed by atoms with Crippen LogP contribution in [0.5, 0.6) is 0 Å². The monoisotopic (exact) mass is 301 g/mol. The fraction of sp³-hybridized carbons (Fsp3) is 0.789. The zero-order chi connectivity index (χ0) is 15.5. The van der Waals surface area contributed by atoms with Crippen LogP contribution in [0.15, 0.2) is 12.2 Å². The van der Waals surface area contributed by atoms with E-state index in [1.165, 1.54) is 32.0 Å². The maximum Gasteiger partial charge on any atom is 0.243 e. The van der Waals surface area contributed by atoms with E-state index in [0.29, 0.717) is 17.9 Å². The van der Waals surface area contributed by atoms with Gasteiger partial charge < -0.3 is 10.1 Å². The van der Waals surface area contributed by atoms with Crippen molar-refractivity contribution in [3.8, 4) is 0 Å². The van der Waals surface area contributed by atoms with Gasteiger partial charge in [0.15, 0.2) is 0 Å². The van der Waals surface area contributed by atoms with Gasteiger partial charge in [0.2, 0.25) is 5.91 Å². The van der Waals surface area contributed by atoms with Crippen molar-refractivity contribution in [1.29, 1.82) is 0 Å². The Labute approximate surface area is 132 Å². The summed E-state index contributed by atoms with van der Waals surface area (Å²) in [5, 5.41) is 3.20. The third-order valence-electron chi connectivity index (χ3n) is 7.92. The SMILES string of the molecule is CC12CCC3C(CC[C@H]4NC(=O)C=CC34C)C1CCC2C=O. The first-order valence-corrected chi connectivity index (χ1v) is 8.94. The summed E-state index contributed by atoms with van der Waals surface area (Å²) >= 11 is 0. The predicted octanol–water partition coefficient (Wildman–Crippen LogP) is 3.10. The van der Waals surface area contributed by atoms with Crippen LogP contribution in [0.2, 0.25) is 0 Å². The molecule has 0 spiro atoms. The molecule has 3 saturated carbocycles. The molecule has 22 heavy (non-hydrogen) atoms. The van der Waals surface area contributed by atoms with Crippen LogP contribution in [0, 0.1) is 34.5 Å². The van der Waals surface area contributed by atoms with Gasteiger partial charge in [0, 0.05) is 17.4 Å². The first kappa shape index (κ1) is 14.5. The summed E-state index contributed by atoms with van der Waals surface area (Å²) in [5.74, 6) is 2.43. The number of carbonyl (C=O) groups is 2. The largest absolute Gasteiger partial charge is 0.349 e. The van der Waals surface area contributed by atoms with Gasteiger partial charge in [-0.1, -0.05) is 19.9 Å². The summed E-state index contributed by atoms with van der Waals surface area (Å²) in [6.07, 6.45) is 12.2. The molecule has 1 amide bonds. The second-order valence-corrected chi connectivity index (χ2v) is 8.58. The second-order valence-electron chi connectivity index (χ2n) is 8.58. The molecule has 0 bridgehead atoms. The fourth-order valence-corrected chi connectivity index (χ4v) is 6.60. The lowest BCUT2D eigenvalue weighted by Crippen LogP contribution is -2.59. The van der Waals surface area contributed by atoms with E-state index in [1.807, 2.05) is 0 Å². The normalized spacial score (nSPS) is 53.2. The minimum atomic E-state index is 0.0726. The quantitative estimate of drug-likeness (QED) is 0.757. The van der Waals surface area contributed by atoms with Gasteiger partial charge in [0.25, 0.3) is 0 Å². The van der Waals surface area contributed by atoms with Crippen molar-refractivity contribution in [1.82, 2.24) is 5.32 Å². The van der Waals surface area contributed by atoms with Crippen LogP contribution >= 0.6 is 0 Å². The summed E-state index contributed by atoms with van der Waals surface area (Å²) in [5.41, 5.74) is 0.338. The summed E-state index contributed by atoms with van der Waals surface area (Å²) in [6, 6.07) is 0.305. The van der Waals surface area contributed by atoms with Crippen LogP contribution < -0.4 is 5.32 Å². The molecular weight excluding hydrogens is 274 g/mol. The average Bonchev–Trinajstić information content (AvgIpc) is 2.84. The van der Waals surface area contributed by atoms with Crippen molar-refractivity contribution in [3.05, 3.63) is 12.2 Å². The smallest absolute Gasteiger partial charge is 0.243 e. The molecule has 0 aromatic heterocycles. The molecule has 1 heterocycles. The summed E-state index contributed by atoms with van der Waals surface area (Å²) in [6.45, 7) is 4.71. The number of hydrogen-bond acceptors (Lipinski definition) is 2. The highest BCUT2D eigenvalue weighted by molar-refractivity contribution is 5.89. The van der Waals surface area contributed by atoms with Crippen molar-refractivity contribution >= 4 is 12.2 Å². The van der Waals surface area contributed by atoms with E-state index in [-0.39, 0.29) is 22.7 Å². The number of aldehydes is 1. The topological polar surface area (TPSA) is 46.2 Å². The van der Waals surface area contributed by atoms with Gasteiger partial charge >= 0.3 is 0 Å². The van der Waals surface area contributed by atoms with Gasteiger partial charge in [-0.05, 0) is 67.8 Å². The zero-order valence-corrected chi connectivity index (χ0v) is 13.7. The molecule has 3 fully saturated rings. The Morgan fingerprint density at radius 1 is 1.14 bits per heavy atom. The van der Waals surface area contributed by atoms with Crippen molar-refractivity contribution in [3.63, 3.8) is 0 Å². The number of carbonyl (C=O) groups excluding carboxylic acids is 2. The molecule has 7 atom stereocenters. The van der Waals surface area contributed by atoms with Crippen molar-refractivity contribution in [2.24, 2.45) is 34.5 Å². The maximum absolute atomic E-state index is 11.7. The van der Waals surface area contributed by atoms with E-state index in [2.05, 4.69) is 25.2 Å². The van der Waals surface area contributed by atoms with Crippen LogP contribution in [-0.4, -0.2) is 18.2 Å². The molecule has 3 heteroatoms. The van der Waals surface area contributed by atoms with E-state index < -0.39 is 0 Å². The molecule has 0 radical (unpaired) electrons. The lowest BCUT2D eigenvalue weighted by molar-refractivity contribution is -0.125. The minimum Gasteiger partial charge on any atom is -0.349 e. The molecule has 0 aromatic carbocycles. The number of rotatable bonds is 1. The van der Waals surface area contributed by atoms with Crippen molar-refractivity contribution < 1.29 is 9.59 Å². The van der Waals surface area contributed by atoms with Crippen LogP contribution in [0.1, 0.15) is 52.4 Å². The average molecular weight is 301 g/mol. The summed E-state index contributed by atoms with van der Waals surface area (Å²) in [7, 11) is 0. The minimum absolute atomic E-state index is 0.0726. The summed E-state index contributed by atoms with van der Waals surface area (Å²) in [4.78, 5) is 23.2. The van der Waals surface area contributed by atoms with Crippen LogP contribution in [-0.2, 0) is 9.59 Å². The van der Waals surface area contributed by atoms with Gasteiger partial charge in [-0.2, -0.15) is 0 Å². The molecule has 3 nitrogen and oxygen atoms in total. The third-order valence-corrected chi connectivity index (χ3v) is 7.92. The lowest BCUT2D eigenvalue weighted by atomic mass is 9.48.